The molecule has 1 heterocycles. The van der Waals surface area contributed by atoms with Crippen LogP contribution in [-0.2, 0) is 0 Å². The van der Waals surface area contributed by atoms with Crippen molar-refractivity contribution in [3.63, 3.8) is 0 Å². The van der Waals surface area contributed by atoms with Crippen molar-refractivity contribution in [1.82, 2.24) is 15.3 Å². The molecule has 1 aromatic heterocycles. The van der Waals surface area contributed by atoms with E-state index in [4.69, 9.17) is 9.97 Å². The minimum Gasteiger partial charge on any atom is -0.362 e. The van der Waals surface area contributed by atoms with Gasteiger partial charge in [0.2, 0.25) is 5.95 Å². The van der Waals surface area contributed by atoms with E-state index in [0.29, 0.717) is 35.6 Å². The number of carbonyl (C=O) groups excluding carboxylic acids is 2. The van der Waals surface area contributed by atoms with Crippen molar-refractivity contribution in [2.24, 2.45) is 5.92 Å². The second kappa shape index (κ2) is 9.98. The van der Waals surface area contributed by atoms with Gasteiger partial charge in [-0.05, 0) is 62.8 Å². The molecule has 1 fully saturated rings. The van der Waals surface area contributed by atoms with Crippen molar-refractivity contribution < 1.29 is 9.59 Å². The van der Waals surface area contributed by atoms with Gasteiger partial charge in [0.1, 0.15) is 5.82 Å². The van der Waals surface area contributed by atoms with Crippen LogP contribution >= 0.6 is 0 Å². The largest absolute Gasteiger partial charge is 0.362 e. The number of ketones is 1. The molecule has 0 aliphatic heterocycles. The molecule has 0 atom stereocenters. The Morgan fingerprint density at radius 3 is 2.42 bits per heavy atom. The van der Waals surface area contributed by atoms with Crippen LogP contribution in [-0.4, -0.2) is 48.3 Å². The molecule has 172 valence electrons. The van der Waals surface area contributed by atoms with E-state index in [1.165, 1.54) is 6.92 Å². The summed E-state index contributed by atoms with van der Waals surface area (Å²) < 4.78 is 0. The van der Waals surface area contributed by atoms with Gasteiger partial charge in [0.25, 0.3) is 5.91 Å². The number of benzene rings is 2. The zero-order valence-electron chi connectivity index (χ0n) is 19.5. The minimum atomic E-state index is -0.126. The first-order valence-corrected chi connectivity index (χ1v) is 11.5. The molecule has 7 nitrogen and oxygen atoms in total. The standard InChI is InChI=1S/C26H31N5O2/c1-17(32)19-7-6-8-20(15-19)25(33)27-16-18-11-13-21(14-12-18)28-26-29-23-10-5-4-9-22(23)24(30-26)31(2)3/h4-10,15,18,21H,11-14,16H2,1-3H3,(H,27,33)(H,28,29,30)/t18-,21+. The molecule has 33 heavy (non-hydrogen) atoms. The first-order chi connectivity index (χ1) is 15.9. The molecule has 0 unspecified atom stereocenters. The van der Waals surface area contributed by atoms with Crippen molar-refractivity contribution in [3.8, 4) is 0 Å². The lowest BCUT2D eigenvalue weighted by Crippen LogP contribution is -2.34. The maximum absolute atomic E-state index is 12.5. The highest BCUT2D eigenvalue weighted by atomic mass is 16.1. The topological polar surface area (TPSA) is 87.2 Å². The number of Topliss-reactive ketones (excluding diaryl/α,β-unsaturated/α-hetero) is 1. The van der Waals surface area contributed by atoms with E-state index >= 15 is 0 Å². The van der Waals surface area contributed by atoms with Gasteiger partial charge in [0.15, 0.2) is 5.78 Å². The molecule has 1 amide bonds. The van der Waals surface area contributed by atoms with Gasteiger partial charge >= 0.3 is 0 Å². The average Bonchev–Trinajstić information content (AvgIpc) is 2.83. The molecule has 1 saturated carbocycles. The number of aromatic nitrogens is 2. The van der Waals surface area contributed by atoms with E-state index in [0.717, 1.165) is 42.4 Å². The molecule has 2 N–H and O–H groups in total. The summed E-state index contributed by atoms with van der Waals surface area (Å²) in [6.45, 7) is 2.15. The van der Waals surface area contributed by atoms with Gasteiger partial charge in [0, 0.05) is 43.2 Å². The fourth-order valence-corrected chi connectivity index (χ4v) is 4.38. The first-order valence-electron chi connectivity index (χ1n) is 11.5. The number of rotatable bonds is 7. The van der Waals surface area contributed by atoms with Gasteiger partial charge in [-0.2, -0.15) is 4.98 Å². The molecule has 4 rings (SSSR count). The van der Waals surface area contributed by atoms with Crippen LogP contribution in [0.2, 0.25) is 0 Å². The summed E-state index contributed by atoms with van der Waals surface area (Å²) in [6, 6.07) is 15.3. The maximum Gasteiger partial charge on any atom is 0.251 e. The Labute approximate surface area is 194 Å². The number of anilines is 2. The van der Waals surface area contributed by atoms with E-state index in [1.54, 1.807) is 24.3 Å². The van der Waals surface area contributed by atoms with Crippen molar-refractivity contribution in [2.75, 3.05) is 30.9 Å². The monoisotopic (exact) mass is 445 g/mol. The molecule has 3 aromatic rings. The highest BCUT2D eigenvalue weighted by molar-refractivity contribution is 5.99. The molecular weight excluding hydrogens is 414 g/mol. The van der Waals surface area contributed by atoms with Gasteiger partial charge < -0.3 is 15.5 Å². The third-order valence-electron chi connectivity index (χ3n) is 6.27. The Kier molecular flexibility index (Phi) is 6.87. The molecular formula is C26H31N5O2. The van der Waals surface area contributed by atoms with Crippen LogP contribution in [0.3, 0.4) is 0 Å². The fraction of sp³-hybridized carbons (Fsp3) is 0.385. The maximum atomic E-state index is 12.5. The second-order valence-corrected chi connectivity index (χ2v) is 8.99. The Bertz CT molecular complexity index is 1150. The molecule has 1 aliphatic rings. The predicted molar refractivity (Wildman–Crippen MR) is 132 cm³/mol. The van der Waals surface area contributed by atoms with Crippen LogP contribution in [0, 0.1) is 5.92 Å². The van der Waals surface area contributed by atoms with Crippen molar-refractivity contribution in [2.45, 2.75) is 38.6 Å². The summed E-state index contributed by atoms with van der Waals surface area (Å²) in [7, 11) is 3.99. The Hall–Kier alpha value is -3.48. The minimum absolute atomic E-state index is 0.0384. The van der Waals surface area contributed by atoms with Crippen LogP contribution in [0.1, 0.15) is 53.3 Å². The molecule has 7 heteroatoms. The Morgan fingerprint density at radius 1 is 0.970 bits per heavy atom. The normalized spacial score (nSPS) is 18.0. The lowest BCUT2D eigenvalue weighted by Gasteiger charge is -2.29. The number of nitrogens with zero attached hydrogens (tertiary/aromatic N) is 3. The third-order valence-corrected chi connectivity index (χ3v) is 6.27. The van der Waals surface area contributed by atoms with Crippen molar-refractivity contribution >= 4 is 34.4 Å². The van der Waals surface area contributed by atoms with Gasteiger partial charge in [-0.3, -0.25) is 9.59 Å². The van der Waals surface area contributed by atoms with Crippen LogP contribution < -0.4 is 15.5 Å². The summed E-state index contributed by atoms with van der Waals surface area (Å²) in [4.78, 5) is 35.5. The van der Waals surface area contributed by atoms with E-state index in [2.05, 4.69) is 10.6 Å². The number of nitrogens with one attached hydrogen (secondary N) is 2. The van der Waals surface area contributed by atoms with Crippen molar-refractivity contribution in [1.29, 1.82) is 0 Å². The van der Waals surface area contributed by atoms with Gasteiger partial charge in [-0.15, -0.1) is 0 Å². The summed E-state index contributed by atoms with van der Waals surface area (Å²) in [5.41, 5.74) is 2.02. The van der Waals surface area contributed by atoms with Crippen LogP contribution in [0.5, 0.6) is 0 Å². The van der Waals surface area contributed by atoms with Gasteiger partial charge in [-0.25, -0.2) is 4.98 Å². The Morgan fingerprint density at radius 2 is 1.70 bits per heavy atom. The summed E-state index contributed by atoms with van der Waals surface area (Å²) in [5.74, 6) is 1.85. The van der Waals surface area contributed by atoms with Crippen molar-refractivity contribution in [3.05, 3.63) is 59.7 Å². The zero-order valence-corrected chi connectivity index (χ0v) is 19.5. The lowest BCUT2D eigenvalue weighted by molar-refractivity contribution is 0.0943. The summed E-state index contributed by atoms with van der Waals surface area (Å²) in [6.07, 6.45) is 4.07. The van der Waals surface area contributed by atoms with E-state index in [1.807, 2.05) is 43.3 Å². The lowest BCUT2D eigenvalue weighted by atomic mass is 9.86. The molecule has 0 radical (unpaired) electrons. The number of hydrogen-bond donors (Lipinski definition) is 2. The number of fused-ring (bicyclic) bond motifs is 1. The highest BCUT2D eigenvalue weighted by Crippen LogP contribution is 2.28. The van der Waals surface area contributed by atoms with Crippen LogP contribution in [0.15, 0.2) is 48.5 Å². The van der Waals surface area contributed by atoms with E-state index in [-0.39, 0.29) is 11.7 Å². The van der Waals surface area contributed by atoms with E-state index in [9.17, 15) is 9.59 Å². The summed E-state index contributed by atoms with van der Waals surface area (Å²) in [5, 5.41) is 7.61. The Balaban J connectivity index is 1.31. The van der Waals surface area contributed by atoms with Gasteiger partial charge in [0.05, 0.1) is 5.52 Å². The number of carbonyl (C=O) groups is 2. The molecule has 1 aliphatic carbocycles. The number of para-hydroxylation sites is 1. The molecule has 0 saturated heterocycles. The number of amides is 1. The summed E-state index contributed by atoms with van der Waals surface area (Å²) >= 11 is 0. The quantitative estimate of drug-likeness (QED) is 0.527. The smallest absolute Gasteiger partial charge is 0.251 e. The number of hydrogen-bond acceptors (Lipinski definition) is 6. The molecule has 0 spiro atoms. The van der Waals surface area contributed by atoms with Crippen LogP contribution in [0.25, 0.3) is 10.9 Å². The predicted octanol–water partition coefficient (Wildman–Crippen LogP) is 4.30. The molecule has 0 bridgehead atoms. The average molecular weight is 446 g/mol. The fourth-order valence-electron chi connectivity index (χ4n) is 4.38. The van der Waals surface area contributed by atoms with Crippen LogP contribution in [0.4, 0.5) is 11.8 Å². The first kappa shape index (κ1) is 22.7. The third kappa shape index (κ3) is 5.48. The van der Waals surface area contributed by atoms with Gasteiger partial charge in [-0.1, -0.05) is 24.3 Å². The SMILES string of the molecule is CC(=O)c1cccc(C(=O)NC[C@H]2CC[C@@H](Nc3nc(N(C)C)c4ccccc4n3)CC2)c1. The highest BCUT2D eigenvalue weighted by Gasteiger charge is 2.23. The second-order valence-electron chi connectivity index (χ2n) is 8.99. The molecule has 2 aromatic carbocycles. The van der Waals surface area contributed by atoms with E-state index < -0.39 is 0 Å². The zero-order chi connectivity index (χ0) is 23.4.